The Bertz CT molecular complexity index is 1020. The van der Waals surface area contributed by atoms with E-state index >= 15 is 0 Å². The van der Waals surface area contributed by atoms with Crippen molar-refractivity contribution in [3.63, 3.8) is 0 Å². The van der Waals surface area contributed by atoms with E-state index in [9.17, 15) is 14.4 Å². The van der Waals surface area contributed by atoms with E-state index in [2.05, 4.69) is 20.8 Å². The molecule has 30 heavy (non-hydrogen) atoms. The van der Waals surface area contributed by atoms with Gasteiger partial charge in [0.25, 0.3) is 5.91 Å². The molecule has 2 atom stereocenters. The molecule has 3 aromatic rings. The first-order valence-corrected chi connectivity index (χ1v) is 9.33. The summed E-state index contributed by atoms with van der Waals surface area (Å²) in [7, 11) is 0. The quantitative estimate of drug-likeness (QED) is 0.449. The molecule has 0 aliphatic heterocycles. The Labute approximate surface area is 173 Å². The Hall–Kier alpha value is -3.88. The summed E-state index contributed by atoms with van der Waals surface area (Å²) in [6, 6.07) is 15.1. The van der Waals surface area contributed by atoms with E-state index in [4.69, 9.17) is 4.74 Å². The predicted molar refractivity (Wildman–Crippen MR) is 108 cm³/mol. The summed E-state index contributed by atoms with van der Waals surface area (Å²) in [5.41, 5.74) is 1.81. The summed E-state index contributed by atoms with van der Waals surface area (Å²) in [5.74, 6) is -1.26. The molecule has 0 saturated heterocycles. The van der Waals surface area contributed by atoms with Gasteiger partial charge in [-0.1, -0.05) is 42.5 Å². The van der Waals surface area contributed by atoms with Gasteiger partial charge in [0.15, 0.2) is 17.9 Å². The van der Waals surface area contributed by atoms with Crippen molar-refractivity contribution in [2.45, 2.75) is 32.4 Å². The Morgan fingerprint density at radius 1 is 1.10 bits per heavy atom. The molecule has 0 saturated carbocycles. The molecular formula is C21H21N5O4. The van der Waals surface area contributed by atoms with Gasteiger partial charge in [-0.15, -0.1) is 5.10 Å². The lowest BCUT2D eigenvalue weighted by Gasteiger charge is -2.19. The van der Waals surface area contributed by atoms with E-state index in [0.29, 0.717) is 17.7 Å². The number of hydrogen-bond acceptors (Lipinski definition) is 7. The monoisotopic (exact) mass is 407 g/mol. The fourth-order valence-electron chi connectivity index (χ4n) is 2.80. The van der Waals surface area contributed by atoms with Crippen molar-refractivity contribution in [3.8, 4) is 0 Å². The molecule has 9 heteroatoms. The lowest BCUT2D eigenvalue weighted by atomic mass is 10.1. The van der Waals surface area contributed by atoms with Gasteiger partial charge < -0.3 is 10.1 Å². The maximum atomic E-state index is 12.8. The second kappa shape index (κ2) is 9.55. The third-order valence-electron chi connectivity index (χ3n) is 4.43. The minimum absolute atomic E-state index is 0.115. The standard InChI is InChI=1S/C21H21N5O4/c1-14(27)17-9-6-10-18(12-17)23-20(28)15(2)30-21(29)19(26-13-22-24-25-26)11-16-7-4-3-5-8-16/h3-10,12-13,15,19H,11H2,1-2H3,(H,23,28)/t15-,19+/m0/s1. The van der Waals surface area contributed by atoms with Gasteiger partial charge in [-0.25, -0.2) is 9.48 Å². The van der Waals surface area contributed by atoms with Crippen LogP contribution in [-0.4, -0.2) is 44.0 Å². The first kappa shape index (κ1) is 20.8. The van der Waals surface area contributed by atoms with Gasteiger partial charge in [-0.3, -0.25) is 9.59 Å². The van der Waals surface area contributed by atoms with Crippen molar-refractivity contribution in [3.05, 3.63) is 72.1 Å². The number of rotatable bonds is 8. The molecule has 0 spiro atoms. The van der Waals surface area contributed by atoms with Gasteiger partial charge in [0.05, 0.1) is 0 Å². The van der Waals surface area contributed by atoms with E-state index in [1.165, 1.54) is 24.9 Å². The number of nitrogens with zero attached hydrogens (tertiary/aromatic N) is 4. The SMILES string of the molecule is CC(=O)c1cccc(NC(=O)[C@H](C)OC(=O)[C@@H](Cc2ccccc2)n2cnnn2)c1. The average molecular weight is 407 g/mol. The number of hydrogen-bond donors (Lipinski definition) is 1. The molecule has 1 N–H and O–H groups in total. The second-order valence-electron chi connectivity index (χ2n) is 6.70. The lowest BCUT2D eigenvalue weighted by molar-refractivity contribution is -0.156. The molecule has 0 aliphatic rings. The minimum atomic E-state index is -1.06. The summed E-state index contributed by atoms with van der Waals surface area (Å²) in [5, 5.41) is 13.6. The zero-order chi connectivity index (χ0) is 21.5. The first-order valence-electron chi connectivity index (χ1n) is 9.33. The van der Waals surface area contributed by atoms with Crippen LogP contribution in [0, 0.1) is 0 Å². The van der Waals surface area contributed by atoms with E-state index in [1.54, 1.807) is 24.3 Å². The highest BCUT2D eigenvalue weighted by atomic mass is 16.5. The van der Waals surface area contributed by atoms with Gasteiger partial charge in [-0.2, -0.15) is 0 Å². The fraction of sp³-hybridized carbons (Fsp3) is 0.238. The van der Waals surface area contributed by atoms with Crippen molar-refractivity contribution in [1.82, 2.24) is 20.2 Å². The highest BCUT2D eigenvalue weighted by molar-refractivity contribution is 5.98. The van der Waals surface area contributed by atoms with Gasteiger partial charge in [0.2, 0.25) is 0 Å². The topological polar surface area (TPSA) is 116 Å². The van der Waals surface area contributed by atoms with Crippen molar-refractivity contribution in [2.75, 3.05) is 5.32 Å². The fourth-order valence-corrected chi connectivity index (χ4v) is 2.80. The Morgan fingerprint density at radius 3 is 2.53 bits per heavy atom. The number of carbonyl (C=O) groups is 3. The smallest absolute Gasteiger partial charge is 0.332 e. The molecule has 9 nitrogen and oxygen atoms in total. The third-order valence-corrected chi connectivity index (χ3v) is 4.43. The molecule has 1 aromatic heterocycles. The van der Waals surface area contributed by atoms with E-state index in [0.717, 1.165) is 5.56 Å². The summed E-state index contributed by atoms with van der Waals surface area (Å²) < 4.78 is 6.69. The Morgan fingerprint density at radius 2 is 1.87 bits per heavy atom. The Balaban J connectivity index is 1.68. The molecule has 0 unspecified atom stereocenters. The summed E-state index contributed by atoms with van der Waals surface area (Å²) in [6.07, 6.45) is 0.570. The van der Waals surface area contributed by atoms with Crippen LogP contribution in [0.3, 0.4) is 0 Å². The first-order chi connectivity index (χ1) is 14.4. The lowest BCUT2D eigenvalue weighted by Crippen LogP contribution is -2.34. The number of anilines is 1. The van der Waals surface area contributed by atoms with Gasteiger partial charge >= 0.3 is 5.97 Å². The number of aromatic nitrogens is 4. The van der Waals surface area contributed by atoms with Crippen LogP contribution in [0.2, 0.25) is 0 Å². The normalized spacial score (nSPS) is 12.6. The highest BCUT2D eigenvalue weighted by Crippen LogP contribution is 2.17. The van der Waals surface area contributed by atoms with Crippen LogP contribution in [-0.2, 0) is 20.7 Å². The van der Waals surface area contributed by atoms with Crippen molar-refractivity contribution < 1.29 is 19.1 Å². The molecule has 0 radical (unpaired) electrons. The summed E-state index contributed by atoms with van der Waals surface area (Å²) in [6.45, 7) is 2.92. The van der Waals surface area contributed by atoms with Gasteiger partial charge in [0.1, 0.15) is 6.33 Å². The minimum Gasteiger partial charge on any atom is -0.451 e. The van der Waals surface area contributed by atoms with Crippen LogP contribution in [0.4, 0.5) is 5.69 Å². The van der Waals surface area contributed by atoms with Gasteiger partial charge in [-0.05, 0) is 42.0 Å². The highest BCUT2D eigenvalue weighted by Gasteiger charge is 2.28. The molecular weight excluding hydrogens is 386 g/mol. The maximum absolute atomic E-state index is 12.8. The largest absolute Gasteiger partial charge is 0.451 e. The van der Waals surface area contributed by atoms with Gasteiger partial charge in [0, 0.05) is 17.7 Å². The molecule has 0 aliphatic carbocycles. The molecule has 0 fully saturated rings. The second-order valence-corrected chi connectivity index (χ2v) is 6.70. The van der Waals surface area contributed by atoms with Crippen molar-refractivity contribution in [1.29, 1.82) is 0 Å². The summed E-state index contributed by atoms with van der Waals surface area (Å²) in [4.78, 5) is 36.8. The third kappa shape index (κ3) is 5.34. The summed E-state index contributed by atoms with van der Waals surface area (Å²) >= 11 is 0. The molecule has 0 bridgehead atoms. The number of benzene rings is 2. The zero-order valence-corrected chi connectivity index (χ0v) is 16.6. The average Bonchev–Trinajstić information content (AvgIpc) is 3.27. The van der Waals surface area contributed by atoms with Crippen LogP contribution in [0.15, 0.2) is 60.9 Å². The molecule has 1 amide bonds. The Kier molecular flexibility index (Phi) is 6.63. The van der Waals surface area contributed by atoms with Crippen LogP contribution in [0.25, 0.3) is 0 Å². The number of nitrogens with one attached hydrogen (secondary N) is 1. The maximum Gasteiger partial charge on any atom is 0.332 e. The number of amides is 1. The van der Waals surface area contributed by atoms with Crippen LogP contribution in [0.1, 0.15) is 35.8 Å². The van der Waals surface area contributed by atoms with E-state index < -0.39 is 24.0 Å². The number of tetrazole rings is 1. The van der Waals surface area contributed by atoms with E-state index in [-0.39, 0.29) is 5.78 Å². The van der Waals surface area contributed by atoms with E-state index in [1.807, 2.05) is 30.3 Å². The number of Topliss-reactive ketones (excluding diaryl/α,β-unsaturated/α-hetero) is 1. The molecule has 1 heterocycles. The number of ketones is 1. The van der Waals surface area contributed by atoms with Crippen molar-refractivity contribution in [2.24, 2.45) is 0 Å². The zero-order valence-electron chi connectivity index (χ0n) is 16.6. The molecule has 154 valence electrons. The molecule has 2 aromatic carbocycles. The van der Waals surface area contributed by atoms with Crippen LogP contribution >= 0.6 is 0 Å². The number of esters is 1. The van der Waals surface area contributed by atoms with Crippen molar-refractivity contribution >= 4 is 23.3 Å². The molecule has 3 rings (SSSR count). The predicted octanol–water partition coefficient (Wildman–Crippen LogP) is 2.23. The van der Waals surface area contributed by atoms with Crippen LogP contribution in [0.5, 0.6) is 0 Å². The number of ether oxygens (including phenoxy) is 1. The van der Waals surface area contributed by atoms with Crippen LogP contribution < -0.4 is 5.32 Å². The number of carbonyl (C=O) groups excluding carboxylic acids is 3.